The summed E-state index contributed by atoms with van der Waals surface area (Å²) in [5.41, 5.74) is 0.960. The van der Waals surface area contributed by atoms with Gasteiger partial charge in [-0.2, -0.15) is 0 Å². The van der Waals surface area contributed by atoms with Crippen LogP contribution in [0.2, 0.25) is 0 Å². The summed E-state index contributed by atoms with van der Waals surface area (Å²) in [7, 11) is 2.16. The van der Waals surface area contributed by atoms with E-state index in [-0.39, 0.29) is 11.3 Å². The van der Waals surface area contributed by atoms with E-state index in [1.165, 1.54) is 6.92 Å². The Morgan fingerprint density at radius 1 is 1.43 bits per heavy atom. The van der Waals surface area contributed by atoms with Gasteiger partial charge >= 0.3 is 0 Å². The van der Waals surface area contributed by atoms with Crippen LogP contribution in [0.15, 0.2) is 18.3 Å². The van der Waals surface area contributed by atoms with Gasteiger partial charge in [-0.15, -0.1) is 0 Å². The van der Waals surface area contributed by atoms with Crippen LogP contribution >= 0.6 is 0 Å². The molecule has 2 rings (SSSR count). The zero-order valence-corrected chi connectivity index (χ0v) is 13.7. The van der Waals surface area contributed by atoms with Crippen molar-refractivity contribution < 1.29 is 4.79 Å². The fraction of sp³-hybridized carbons (Fsp3) is 0.625. The Morgan fingerprint density at radius 3 is 2.81 bits per heavy atom. The molecule has 0 aromatic carbocycles. The van der Waals surface area contributed by atoms with Crippen molar-refractivity contribution in [1.29, 1.82) is 0 Å². The van der Waals surface area contributed by atoms with Crippen molar-refractivity contribution in [2.24, 2.45) is 5.41 Å². The SMILES string of the molecule is CC(=O)Nc1cccnc1N1CC(C)(C)CN(C)CC1C. The number of anilines is 2. The lowest BCUT2D eigenvalue weighted by molar-refractivity contribution is -0.114. The minimum atomic E-state index is -0.0666. The van der Waals surface area contributed by atoms with Crippen LogP contribution in [0.1, 0.15) is 27.7 Å². The predicted octanol–water partition coefficient (Wildman–Crippen LogP) is 2.21. The zero-order chi connectivity index (χ0) is 15.6. The van der Waals surface area contributed by atoms with E-state index in [0.29, 0.717) is 6.04 Å². The Labute approximate surface area is 127 Å². The molecule has 1 N–H and O–H groups in total. The van der Waals surface area contributed by atoms with E-state index >= 15 is 0 Å². The molecule has 116 valence electrons. The number of nitrogens with zero attached hydrogens (tertiary/aromatic N) is 3. The first-order valence-corrected chi connectivity index (χ1v) is 7.46. The maximum atomic E-state index is 11.4. The molecular weight excluding hydrogens is 264 g/mol. The third kappa shape index (κ3) is 3.94. The fourth-order valence-corrected chi connectivity index (χ4v) is 3.21. The summed E-state index contributed by atoms with van der Waals surface area (Å²) >= 11 is 0. The second-order valence-corrected chi connectivity index (χ2v) is 6.89. The summed E-state index contributed by atoms with van der Waals surface area (Å²) < 4.78 is 0. The van der Waals surface area contributed by atoms with Crippen LogP contribution in [0.3, 0.4) is 0 Å². The second kappa shape index (κ2) is 6.02. The minimum absolute atomic E-state index is 0.0666. The molecule has 0 radical (unpaired) electrons. The first-order valence-electron chi connectivity index (χ1n) is 7.46. The minimum Gasteiger partial charge on any atom is -0.350 e. The first-order chi connectivity index (χ1) is 9.78. The van der Waals surface area contributed by atoms with Crippen LogP contribution in [0.25, 0.3) is 0 Å². The average molecular weight is 290 g/mol. The number of carbonyl (C=O) groups excluding carboxylic acids is 1. The maximum absolute atomic E-state index is 11.4. The molecule has 1 aliphatic rings. The molecule has 2 heterocycles. The molecule has 5 heteroatoms. The second-order valence-electron chi connectivity index (χ2n) is 6.89. The van der Waals surface area contributed by atoms with E-state index in [2.05, 4.69) is 47.9 Å². The van der Waals surface area contributed by atoms with E-state index in [4.69, 9.17) is 0 Å². The molecule has 0 bridgehead atoms. The quantitative estimate of drug-likeness (QED) is 0.907. The number of pyridine rings is 1. The molecule has 1 aliphatic heterocycles. The predicted molar refractivity (Wildman–Crippen MR) is 86.6 cm³/mol. The van der Waals surface area contributed by atoms with Crippen molar-refractivity contribution in [3.8, 4) is 0 Å². The Balaban J connectivity index is 2.36. The van der Waals surface area contributed by atoms with Crippen molar-refractivity contribution in [3.63, 3.8) is 0 Å². The molecule has 0 aliphatic carbocycles. The largest absolute Gasteiger partial charge is 0.350 e. The van der Waals surface area contributed by atoms with Gasteiger partial charge in [0.2, 0.25) is 5.91 Å². The Morgan fingerprint density at radius 2 is 2.14 bits per heavy atom. The van der Waals surface area contributed by atoms with Gasteiger partial charge in [0.1, 0.15) is 0 Å². The van der Waals surface area contributed by atoms with E-state index in [1.54, 1.807) is 6.20 Å². The molecule has 0 spiro atoms. The molecule has 5 nitrogen and oxygen atoms in total. The van der Waals surface area contributed by atoms with Gasteiger partial charge in [0.25, 0.3) is 0 Å². The van der Waals surface area contributed by atoms with Crippen LogP contribution in [0, 0.1) is 5.41 Å². The molecule has 1 aromatic heterocycles. The van der Waals surface area contributed by atoms with Crippen LogP contribution in [0.5, 0.6) is 0 Å². The zero-order valence-electron chi connectivity index (χ0n) is 13.7. The van der Waals surface area contributed by atoms with Crippen molar-refractivity contribution in [2.45, 2.75) is 33.7 Å². The van der Waals surface area contributed by atoms with Crippen molar-refractivity contribution in [3.05, 3.63) is 18.3 Å². The number of hydrogen-bond acceptors (Lipinski definition) is 4. The first kappa shape index (κ1) is 15.8. The fourth-order valence-electron chi connectivity index (χ4n) is 3.21. The molecular formula is C16H26N4O. The number of aromatic nitrogens is 1. The summed E-state index contributed by atoms with van der Waals surface area (Å²) in [5.74, 6) is 0.798. The standard InChI is InChI=1S/C16H26N4O/c1-12-9-19(5)10-16(3,4)11-20(12)15-14(18-13(2)21)7-6-8-17-15/h6-8,12H,9-11H2,1-5H3,(H,18,21). The Hall–Kier alpha value is -1.62. The van der Waals surface area contributed by atoms with Crippen LogP contribution < -0.4 is 10.2 Å². The maximum Gasteiger partial charge on any atom is 0.221 e. The van der Waals surface area contributed by atoms with Gasteiger partial charge in [0.15, 0.2) is 5.82 Å². The summed E-state index contributed by atoms with van der Waals surface area (Å²) in [6, 6.07) is 4.12. The molecule has 1 aromatic rings. The number of hydrogen-bond donors (Lipinski definition) is 1. The van der Waals surface area contributed by atoms with Crippen molar-refractivity contribution >= 4 is 17.4 Å². The smallest absolute Gasteiger partial charge is 0.221 e. The molecule has 1 atom stereocenters. The van der Waals surface area contributed by atoms with E-state index in [1.807, 2.05) is 12.1 Å². The van der Waals surface area contributed by atoms with Gasteiger partial charge in [-0.05, 0) is 31.5 Å². The van der Waals surface area contributed by atoms with Crippen molar-refractivity contribution in [2.75, 3.05) is 36.9 Å². The molecule has 1 amide bonds. The lowest BCUT2D eigenvalue weighted by Crippen LogP contribution is -2.41. The number of rotatable bonds is 2. The summed E-state index contributed by atoms with van der Waals surface area (Å²) in [6.07, 6.45) is 1.79. The Bertz CT molecular complexity index is 515. The van der Waals surface area contributed by atoms with Gasteiger partial charge in [0, 0.05) is 38.8 Å². The number of likely N-dealkylation sites (N-methyl/N-ethyl adjacent to an activating group) is 1. The van der Waals surface area contributed by atoms with Gasteiger partial charge in [-0.1, -0.05) is 13.8 Å². The number of nitrogens with one attached hydrogen (secondary N) is 1. The highest BCUT2D eigenvalue weighted by molar-refractivity contribution is 5.91. The van der Waals surface area contributed by atoms with Gasteiger partial charge in [-0.25, -0.2) is 4.98 Å². The van der Waals surface area contributed by atoms with Crippen LogP contribution in [0.4, 0.5) is 11.5 Å². The van der Waals surface area contributed by atoms with Gasteiger partial charge in [-0.3, -0.25) is 4.79 Å². The lowest BCUT2D eigenvalue weighted by Gasteiger charge is -2.34. The average Bonchev–Trinajstić information content (AvgIpc) is 2.44. The van der Waals surface area contributed by atoms with Gasteiger partial charge < -0.3 is 15.1 Å². The molecule has 21 heavy (non-hydrogen) atoms. The third-order valence-electron chi connectivity index (χ3n) is 3.77. The van der Waals surface area contributed by atoms with Gasteiger partial charge in [0.05, 0.1) is 5.69 Å². The molecule has 1 unspecified atom stereocenters. The molecule has 1 saturated heterocycles. The summed E-state index contributed by atoms with van der Waals surface area (Å²) in [6.45, 7) is 11.2. The van der Waals surface area contributed by atoms with Crippen molar-refractivity contribution in [1.82, 2.24) is 9.88 Å². The normalized spacial score (nSPS) is 22.7. The third-order valence-corrected chi connectivity index (χ3v) is 3.77. The monoisotopic (exact) mass is 290 g/mol. The molecule has 0 saturated carbocycles. The lowest BCUT2D eigenvalue weighted by atomic mass is 9.92. The highest BCUT2D eigenvalue weighted by atomic mass is 16.1. The molecule has 1 fully saturated rings. The number of amides is 1. The van der Waals surface area contributed by atoms with Crippen LogP contribution in [-0.2, 0) is 4.79 Å². The number of carbonyl (C=O) groups is 1. The highest BCUT2D eigenvalue weighted by Gasteiger charge is 2.32. The summed E-state index contributed by atoms with van der Waals surface area (Å²) in [4.78, 5) is 20.6. The summed E-state index contributed by atoms with van der Waals surface area (Å²) in [5, 5.41) is 2.89. The Kier molecular flexibility index (Phi) is 4.52. The van der Waals surface area contributed by atoms with E-state index in [0.717, 1.165) is 31.1 Å². The van der Waals surface area contributed by atoms with E-state index < -0.39 is 0 Å². The van der Waals surface area contributed by atoms with E-state index in [9.17, 15) is 4.79 Å². The topological polar surface area (TPSA) is 48.5 Å². The highest BCUT2D eigenvalue weighted by Crippen LogP contribution is 2.31. The van der Waals surface area contributed by atoms with Crippen LogP contribution in [-0.4, -0.2) is 48.5 Å².